The molecule has 1 aromatic heterocycles. The lowest BCUT2D eigenvalue weighted by molar-refractivity contribution is 0.273. The summed E-state index contributed by atoms with van der Waals surface area (Å²) in [7, 11) is 1.90. The highest BCUT2D eigenvalue weighted by Gasteiger charge is 2.18. The largest absolute Gasteiger partial charge is 0.373 e. The van der Waals surface area contributed by atoms with Gasteiger partial charge in [0.05, 0.1) is 0 Å². The molecular weight excluding hydrogens is 230 g/mol. The number of anilines is 1. The first-order chi connectivity index (χ1) is 8.31. The Morgan fingerprint density at radius 2 is 2.41 bits per heavy atom. The smallest absolute Gasteiger partial charge is 0.125 e. The van der Waals surface area contributed by atoms with E-state index in [1.807, 2.05) is 19.3 Å². The summed E-state index contributed by atoms with van der Waals surface area (Å²) in [5.41, 5.74) is 1.31. The molecule has 1 aliphatic rings. The van der Waals surface area contributed by atoms with Crippen molar-refractivity contribution in [3.05, 3.63) is 23.9 Å². The van der Waals surface area contributed by atoms with Crippen molar-refractivity contribution in [3.8, 4) is 0 Å². The van der Waals surface area contributed by atoms with Crippen LogP contribution >= 0.6 is 11.8 Å². The van der Waals surface area contributed by atoms with Crippen LogP contribution in [0.1, 0.15) is 18.9 Å². The minimum absolute atomic E-state index is 0.813. The average Bonchev–Trinajstić information content (AvgIpc) is 2.40. The van der Waals surface area contributed by atoms with E-state index in [9.17, 15) is 0 Å². The highest BCUT2D eigenvalue weighted by Crippen LogP contribution is 2.22. The van der Waals surface area contributed by atoms with Crippen molar-refractivity contribution < 1.29 is 0 Å². The van der Waals surface area contributed by atoms with Crippen LogP contribution < -0.4 is 5.32 Å². The van der Waals surface area contributed by atoms with Gasteiger partial charge in [0.25, 0.3) is 0 Å². The van der Waals surface area contributed by atoms with E-state index >= 15 is 0 Å². The summed E-state index contributed by atoms with van der Waals surface area (Å²) in [6.45, 7) is 5.74. The fourth-order valence-electron chi connectivity index (χ4n) is 2.10. The summed E-state index contributed by atoms with van der Waals surface area (Å²) in [4.78, 5) is 6.90. The first kappa shape index (κ1) is 12.7. The van der Waals surface area contributed by atoms with Gasteiger partial charge in [-0.05, 0) is 18.1 Å². The Bertz CT molecular complexity index is 339. The molecule has 1 N–H and O–H groups in total. The zero-order valence-corrected chi connectivity index (χ0v) is 11.5. The monoisotopic (exact) mass is 251 g/mol. The van der Waals surface area contributed by atoms with Crippen molar-refractivity contribution in [2.24, 2.45) is 0 Å². The lowest BCUT2D eigenvalue weighted by atomic mass is 10.2. The standard InChI is InChI=1S/C13H21N3S/c1-3-12-10-16(6-7-17-12)9-11-4-5-13(14-2)15-8-11/h4-5,8,12H,3,6-7,9-10H2,1-2H3,(H,14,15). The topological polar surface area (TPSA) is 28.2 Å². The highest BCUT2D eigenvalue weighted by molar-refractivity contribution is 8.00. The summed E-state index contributed by atoms with van der Waals surface area (Å²) < 4.78 is 0. The Morgan fingerprint density at radius 3 is 3.06 bits per heavy atom. The van der Waals surface area contributed by atoms with Gasteiger partial charge in [-0.1, -0.05) is 13.0 Å². The number of nitrogens with one attached hydrogen (secondary N) is 1. The molecular formula is C13H21N3S. The lowest BCUT2D eigenvalue weighted by Crippen LogP contribution is -2.37. The minimum atomic E-state index is 0.813. The van der Waals surface area contributed by atoms with Crippen LogP contribution in [-0.2, 0) is 6.54 Å². The van der Waals surface area contributed by atoms with Gasteiger partial charge in [-0.25, -0.2) is 4.98 Å². The van der Waals surface area contributed by atoms with Gasteiger partial charge in [0, 0.05) is 43.9 Å². The van der Waals surface area contributed by atoms with Gasteiger partial charge < -0.3 is 5.32 Å². The molecule has 2 rings (SSSR count). The van der Waals surface area contributed by atoms with E-state index in [1.54, 1.807) is 0 Å². The van der Waals surface area contributed by atoms with E-state index in [-0.39, 0.29) is 0 Å². The summed E-state index contributed by atoms with van der Waals surface area (Å²) in [6, 6.07) is 4.22. The number of hydrogen-bond acceptors (Lipinski definition) is 4. The van der Waals surface area contributed by atoms with Crippen molar-refractivity contribution in [2.45, 2.75) is 25.1 Å². The predicted octanol–water partition coefficient (Wildman–Crippen LogP) is 2.45. The maximum atomic E-state index is 4.36. The molecule has 17 heavy (non-hydrogen) atoms. The van der Waals surface area contributed by atoms with E-state index in [1.165, 1.54) is 30.8 Å². The molecule has 0 saturated carbocycles. The number of rotatable bonds is 4. The molecule has 0 aromatic carbocycles. The SMILES string of the molecule is CCC1CN(Cc2ccc(NC)nc2)CCS1. The quantitative estimate of drug-likeness (QED) is 0.890. The van der Waals surface area contributed by atoms with Gasteiger partial charge in [-0.2, -0.15) is 11.8 Å². The molecule has 0 spiro atoms. The van der Waals surface area contributed by atoms with Gasteiger partial charge in [0.1, 0.15) is 5.82 Å². The normalized spacial score (nSPS) is 21.4. The van der Waals surface area contributed by atoms with Crippen molar-refractivity contribution in [1.82, 2.24) is 9.88 Å². The fraction of sp³-hybridized carbons (Fsp3) is 0.615. The van der Waals surface area contributed by atoms with Gasteiger partial charge in [-0.3, -0.25) is 4.90 Å². The molecule has 0 aliphatic carbocycles. The molecule has 1 atom stereocenters. The average molecular weight is 251 g/mol. The first-order valence-corrected chi connectivity index (χ1v) is 7.33. The zero-order chi connectivity index (χ0) is 12.1. The molecule has 3 nitrogen and oxygen atoms in total. The molecule has 2 heterocycles. The van der Waals surface area contributed by atoms with Gasteiger partial charge in [0.15, 0.2) is 0 Å². The van der Waals surface area contributed by atoms with Crippen molar-refractivity contribution in [3.63, 3.8) is 0 Å². The molecule has 94 valence electrons. The van der Waals surface area contributed by atoms with E-state index < -0.39 is 0 Å². The molecule has 0 amide bonds. The van der Waals surface area contributed by atoms with Gasteiger partial charge in [-0.15, -0.1) is 0 Å². The van der Waals surface area contributed by atoms with Crippen LogP contribution in [0, 0.1) is 0 Å². The second-order valence-electron chi connectivity index (χ2n) is 4.44. The molecule has 1 aromatic rings. The van der Waals surface area contributed by atoms with Crippen LogP contribution in [0.3, 0.4) is 0 Å². The summed E-state index contributed by atoms with van der Waals surface area (Å²) >= 11 is 2.12. The number of thioether (sulfide) groups is 1. The number of hydrogen-bond donors (Lipinski definition) is 1. The van der Waals surface area contributed by atoms with Crippen molar-refractivity contribution in [1.29, 1.82) is 0 Å². The third-order valence-electron chi connectivity index (χ3n) is 3.17. The zero-order valence-electron chi connectivity index (χ0n) is 10.6. The summed E-state index contributed by atoms with van der Waals surface area (Å²) in [6.07, 6.45) is 3.26. The maximum Gasteiger partial charge on any atom is 0.125 e. The molecule has 0 radical (unpaired) electrons. The van der Waals surface area contributed by atoms with E-state index in [4.69, 9.17) is 0 Å². The maximum absolute atomic E-state index is 4.36. The Hall–Kier alpha value is -0.740. The third kappa shape index (κ3) is 3.61. The van der Waals surface area contributed by atoms with Crippen LogP contribution in [0.2, 0.25) is 0 Å². The van der Waals surface area contributed by atoms with Crippen LogP contribution in [0.5, 0.6) is 0 Å². The molecule has 1 fully saturated rings. The van der Waals surface area contributed by atoms with Crippen molar-refractivity contribution in [2.75, 3.05) is 31.2 Å². The summed E-state index contributed by atoms with van der Waals surface area (Å²) in [5.74, 6) is 2.20. The number of aromatic nitrogens is 1. The molecule has 0 bridgehead atoms. The number of pyridine rings is 1. The molecule has 1 aliphatic heterocycles. The fourth-order valence-corrected chi connectivity index (χ4v) is 3.34. The number of nitrogens with zero attached hydrogens (tertiary/aromatic N) is 2. The second-order valence-corrected chi connectivity index (χ2v) is 5.85. The van der Waals surface area contributed by atoms with Crippen LogP contribution in [0.25, 0.3) is 0 Å². The summed E-state index contributed by atoms with van der Waals surface area (Å²) in [5, 5.41) is 3.86. The molecule has 1 saturated heterocycles. The Balaban J connectivity index is 1.90. The molecule has 4 heteroatoms. The van der Waals surface area contributed by atoms with Crippen LogP contribution in [0.15, 0.2) is 18.3 Å². The Morgan fingerprint density at radius 1 is 1.53 bits per heavy atom. The van der Waals surface area contributed by atoms with Gasteiger partial charge in [0.2, 0.25) is 0 Å². The lowest BCUT2D eigenvalue weighted by Gasteiger charge is -2.31. The predicted molar refractivity (Wildman–Crippen MR) is 75.6 cm³/mol. The third-order valence-corrected chi connectivity index (χ3v) is 4.54. The second kappa shape index (κ2) is 6.26. The highest BCUT2D eigenvalue weighted by atomic mass is 32.2. The van der Waals surface area contributed by atoms with Crippen LogP contribution in [0.4, 0.5) is 5.82 Å². The minimum Gasteiger partial charge on any atom is -0.373 e. The van der Waals surface area contributed by atoms with E-state index in [2.05, 4.69) is 40.0 Å². The molecule has 1 unspecified atom stereocenters. The van der Waals surface area contributed by atoms with E-state index in [0.717, 1.165) is 17.6 Å². The van der Waals surface area contributed by atoms with E-state index in [0.29, 0.717) is 0 Å². The van der Waals surface area contributed by atoms with Crippen molar-refractivity contribution >= 4 is 17.6 Å². The first-order valence-electron chi connectivity index (χ1n) is 6.28. The Kier molecular flexibility index (Phi) is 4.68. The van der Waals surface area contributed by atoms with Gasteiger partial charge >= 0.3 is 0 Å². The van der Waals surface area contributed by atoms with Crippen LogP contribution in [-0.4, -0.2) is 41.0 Å². The Labute approximate surface area is 108 Å².